The van der Waals surface area contributed by atoms with E-state index in [0.29, 0.717) is 11.3 Å². The predicted octanol–water partition coefficient (Wildman–Crippen LogP) is 5.03. The zero-order valence-electron chi connectivity index (χ0n) is 19.6. The summed E-state index contributed by atoms with van der Waals surface area (Å²) in [6, 6.07) is 0. The average Bonchev–Trinajstić information content (AvgIpc) is 3.30. The lowest BCUT2D eigenvalue weighted by atomic mass is 9.48. The smallest absolute Gasteiger partial charge is 0.148 e. The number of hydrogen-bond acceptors (Lipinski definition) is 4. The molecule has 1 aromatic heterocycles. The Bertz CT molecular complexity index is 764. The van der Waals surface area contributed by atoms with Crippen molar-refractivity contribution < 1.29 is 5.11 Å². The molecule has 4 saturated carbocycles. The van der Waals surface area contributed by atoms with Crippen molar-refractivity contribution in [1.29, 1.82) is 0 Å². The average molecular weight is 415 g/mol. The van der Waals surface area contributed by atoms with E-state index in [0.717, 1.165) is 67.1 Å². The lowest BCUT2D eigenvalue weighted by Crippen LogP contribution is -2.51. The Morgan fingerprint density at radius 2 is 1.87 bits per heavy atom. The molecule has 5 nitrogen and oxygen atoms in total. The maximum absolute atomic E-state index is 10.9. The van der Waals surface area contributed by atoms with Gasteiger partial charge in [-0.3, -0.25) is 0 Å². The van der Waals surface area contributed by atoms with Gasteiger partial charge in [0.15, 0.2) is 0 Å². The predicted molar refractivity (Wildman–Crippen MR) is 118 cm³/mol. The van der Waals surface area contributed by atoms with Gasteiger partial charge in [-0.15, -0.1) is 5.10 Å². The van der Waals surface area contributed by atoms with Crippen LogP contribution in [0.4, 0.5) is 0 Å². The molecule has 2 unspecified atom stereocenters. The summed E-state index contributed by atoms with van der Waals surface area (Å²) in [5, 5.41) is 23.1. The molecule has 5 rings (SSSR count). The van der Waals surface area contributed by atoms with Gasteiger partial charge < -0.3 is 5.11 Å². The molecule has 1 heterocycles. The summed E-state index contributed by atoms with van der Waals surface area (Å²) in [7, 11) is 0. The molecule has 4 aliphatic rings. The van der Waals surface area contributed by atoms with Gasteiger partial charge in [0.2, 0.25) is 0 Å². The summed E-state index contributed by atoms with van der Waals surface area (Å²) in [6.07, 6.45) is 12.8. The summed E-state index contributed by atoms with van der Waals surface area (Å²) >= 11 is 0. The van der Waals surface area contributed by atoms with Crippen LogP contribution in [0.3, 0.4) is 0 Å². The SMILES string of the molecule is CCC1(O)CC[C@H]2[C@@H](CC[C@@H]3[C@@H]2CC[C@]2(C)[C@@H](C(C)Cn4nnnc4C)CC[C@@H]32)C1. The molecule has 0 aliphatic heterocycles. The Morgan fingerprint density at radius 3 is 2.60 bits per heavy atom. The van der Waals surface area contributed by atoms with Crippen LogP contribution >= 0.6 is 0 Å². The molecule has 0 spiro atoms. The second-order valence-electron chi connectivity index (χ2n) is 11.9. The number of rotatable bonds is 4. The fourth-order valence-corrected chi connectivity index (χ4v) is 9.08. The second-order valence-corrected chi connectivity index (χ2v) is 11.9. The van der Waals surface area contributed by atoms with Crippen LogP contribution in [-0.2, 0) is 6.54 Å². The third-order valence-corrected chi connectivity index (χ3v) is 10.7. The van der Waals surface area contributed by atoms with Crippen LogP contribution in [0.5, 0.6) is 0 Å². The van der Waals surface area contributed by atoms with Crippen molar-refractivity contribution in [2.75, 3.05) is 0 Å². The van der Waals surface area contributed by atoms with Crippen LogP contribution in [0.15, 0.2) is 0 Å². The van der Waals surface area contributed by atoms with E-state index in [1.165, 1.54) is 44.9 Å². The molecule has 1 aromatic rings. The Kier molecular flexibility index (Phi) is 5.27. The summed E-state index contributed by atoms with van der Waals surface area (Å²) < 4.78 is 2.01. The van der Waals surface area contributed by atoms with Gasteiger partial charge in [0.1, 0.15) is 5.82 Å². The standard InChI is InChI=1S/C25H42N4O/c1-5-25(30)13-11-19-18(14-25)6-7-21-20(19)10-12-24(4)22(8-9-23(21)24)16(2)15-29-17(3)26-27-28-29/h16,18-23,30H,5-15H2,1-4H3/t16?,18-,19-,20+,21+,22+,23-,24+,25?/m0/s1. The van der Waals surface area contributed by atoms with Gasteiger partial charge >= 0.3 is 0 Å². The van der Waals surface area contributed by atoms with Crippen molar-refractivity contribution in [3.8, 4) is 0 Å². The van der Waals surface area contributed by atoms with Gasteiger partial charge in [0, 0.05) is 6.54 Å². The van der Waals surface area contributed by atoms with Crippen LogP contribution in [0.2, 0.25) is 0 Å². The Morgan fingerprint density at radius 1 is 1.07 bits per heavy atom. The summed E-state index contributed by atoms with van der Waals surface area (Å²) in [5.74, 6) is 6.81. The summed E-state index contributed by atoms with van der Waals surface area (Å²) in [4.78, 5) is 0. The first kappa shape index (κ1) is 20.9. The third-order valence-electron chi connectivity index (χ3n) is 10.7. The van der Waals surface area contributed by atoms with E-state index < -0.39 is 0 Å². The highest BCUT2D eigenvalue weighted by molar-refractivity contribution is 5.07. The number of tetrazole rings is 1. The summed E-state index contributed by atoms with van der Waals surface area (Å²) in [6.45, 7) is 10.2. The fourth-order valence-electron chi connectivity index (χ4n) is 9.08. The molecule has 4 fully saturated rings. The molecule has 30 heavy (non-hydrogen) atoms. The molecule has 4 aliphatic carbocycles. The summed E-state index contributed by atoms with van der Waals surface area (Å²) in [5.41, 5.74) is 0.133. The number of fused-ring (bicyclic) bond motifs is 5. The number of nitrogens with zero attached hydrogens (tertiary/aromatic N) is 4. The van der Waals surface area contributed by atoms with E-state index in [9.17, 15) is 5.11 Å². The Labute approximate surface area is 182 Å². The zero-order chi connectivity index (χ0) is 21.1. The molecule has 9 atom stereocenters. The fraction of sp³-hybridized carbons (Fsp3) is 0.960. The minimum atomic E-state index is -0.362. The highest BCUT2D eigenvalue weighted by Gasteiger charge is 2.58. The number of aliphatic hydroxyl groups is 1. The normalized spacial score (nSPS) is 46.7. The molecule has 0 bridgehead atoms. The first-order valence-corrected chi connectivity index (χ1v) is 12.8. The van der Waals surface area contributed by atoms with Crippen LogP contribution < -0.4 is 0 Å². The number of hydrogen-bond donors (Lipinski definition) is 1. The molecule has 0 aromatic carbocycles. The zero-order valence-corrected chi connectivity index (χ0v) is 19.6. The number of aromatic nitrogens is 4. The van der Waals surface area contributed by atoms with Crippen molar-refractivity contribution in [3.63, 3.8) is 0 Å². The quantitative estimate of drug-likeness (QED) is 0.751. The third kappa shape index (κ3) is 3.25. The van der Waals surface area contributed by atoms with Gasteiger partial charge in [-0.05, 0) is 128 Å². The molecule has 1 N–H and O–H groups in total. The van der Waals surface area contributed by atoms with Crippen molar-refractivity contribution in [2.45, 2.75) is 104 Å². The van der Waals surface area contributed by atoms with Crippen LogP contribution in [0, 0.1) is 53.8 Å². The Balaban J connectivity index is 1.30. The largest absolute Gasteiger partial charge is 0.390 e. The van der Waals surface area contributed by atoms with E-state index in [1.807, 2.05) is 11.6 Å². The first-order valence-electron chi connectivity index (χ1n) is 12.8. The first-order chi connectivity index (χ1) is 14.3. The van der Waals surface area contributed by atoms with E-state index in [1.54, 1.807) is 0 Å². The van der Waals surface area contributed by atoms with Gasteiger partial charge in [-0.25, -0.2) is 4.68 Å². The van der Waals surface area contributed by atoms with Crippen LogP contribution in [0.1, 0.15) is 90.8 Å². The Hall–Kier alpha value is -0.970. The molecule has 168 valence electrons. The van der Waals surface area contributed by atoms with Crippen molar-refractivity contribution in [3.05, 3.63) is 5.82 Å². The highest BCUT2D eigenvalue weighted by Crippen LogP contribution is 2.65. The molecular formula is C25H42N4O. The van der Waals surface area contributed by atoms with Gasteiger partial charge in [-0.2, -0.15) is 0 Å². The van der Waals surface area contributed by atoms with Crippen LogP contribution in [0.25, 0.3) is 0 Å². The highest BCUT2D eigenvalue weighted by atomic mass is 16.3. The lowest BCUT2D eigenvalue weighted by molar-refractivity contribution is -0.109. The van der Waals surface area contributed by atoms with Gasteiger partial charge in [0.25, 0.3) is 0 Å². The van der Waals surface area contributed by atoms with E-state index in [-0.39, 0.29) is 5.60 Å². The van der Waals surface area contributed by atoms with Crippen molar-refractivity contribution >= 4 is 0 Å². The monoisotopic (exact) mass is 414 g/mol. The van der Waals surface area contributed by atoms with E-state index in [4.69, 9.17) is 0 Å². The maximum Gasteiger partial charge on any atom is 0.148 e. The van der Waals surface area contributed by atoms with E-state index >= 15 is 0 Å². The van der Waals surface area contributed by atoms with Crippen molar-refractivity contribution in [2.24, 2.45) is 46.8 Å². The molecular weight excluding hydrogens is 372 g/mol. The minimum Gasteiger partial charge on any atom is -0.390 e. The minimum absolute atomic E-state index is 0.362. The van der Waals surface area contributed by atoms with Crippen LogP contribution in [-0.4, -0.2) is 30.9 Å². The van der Waals surface area contributed by atoms with Gasteiger partial charge in [0.05, 0.1) is 5.60 Å². The molecule has 0 saturated heterocycles. The topological polar surface area (TPSA) is 63.8 Å². The van der Waals surface area contributed by atoms with Crippen molar-refractivity contribution in [1.82, 2.24) is 20.2 Å². The van der Waals surface area contributed by atoms with Gasteiger partial charge in [-0.1, -0.05) is 20.8 Å². The molecule has 0 radical (unpaired) electrons. The number of aryl methyl sites for hydroxylation is 1. The van der Waals surface area contributed by atoms with E-state index in [2.05, 4.69) is 36.3 Å². The molecule has 0 amide bonds. The second kappa shape index (κ2) is 7.56. The molecule has 5 heteroatoms. The lowest BCUT2D eigenvalue weighted by Gasteiger charge is -2.57. The maximum atomic E-state index is 10.9.